The van der Waals surface area contributed by atoms with Crippen molar-refractivity contribution in [2.24, 2.45) is 0 Å². The Kier molecular flexibility index (Phi) is 6.41. The minimum absolute atomic E-state index is 0.0289. The predicted octanol–water partition coefficient (Wildman–Crippen LogP) is 0.419. The van der Waals surface area contributed by atoms with Crippen molar-refractivity contribution in [1.82, 2.24) is 25.1 Å². The van der Waals surface area contributed by atoms with Crippen molar-refractivity contribution in [2.75, 3.05) is 63.9 Å². The van der Waals surface area contributed by atoms with Gasteiger partial charge in [-0.05, 0) is 26.0 Å². The van der Waals surface area contributed by atoms with E-state index in [0.717, 1.165) is 45.1 Å². The largest absolute Gasteiger partial charge is 0.375 e. The molecular formula is C17H28N6O2. The molecule has 0 bridgehead atoms. The Bertz CT molecular complexity index is 535. The maximum absolute atomic E-state index is 12.1. The first kappa shape index (κ1) is 17.9. The zero-order valence-corrected chi connectivity index (χ0v) is 14.9. The molecule has 0 unspecified atom stereocenters. The highest BCUT2D eigenvalue weighted by molar-refractivity contribution is 5.74. The van der Waals surface area contributed by atoms with E-state index in [1.807, 2.05) is 17.9 Å². The fourth-order valence-electron chi connectivity index (χ4n) is 3.24. The molecule has 2 aliphatic heterocycles. The van der Waals surface area contributed by atoms with E-state index in [9.17, 15) is 4.79 Å². The van der Waals surface area contributed by atoms with Gasteiger partial charge in [0.05, 0.1) is 12.7 Å². The number of amides is 2. The maximum atomic E-state index is 12.1. The minimum atomic E-state index is 0.0289. The Morgan fingerprint density at radius 1 is 1.24 bits per heavy atom. The summed E-state index contributed by atoms with van der Waals surface area (Å²) in [5, 5.41) is 3.02. The van der Waals surface area contributed by atoms with Gasteiger partial charge in [-0.2, -0.15) is 0 Å². The van der Waals surface area contributed by atoms with Gasteiger partial charge in [0.1, 0.15) is 0 Å². The lowest BCUT2D eigenvalue weighted by Gasteiger charge is -2.34. The quantitative estimate of drug-likeness (QED) is 0.778. The van der Waals surface area contributed by atoms with E-state index < -0.39 is 0 Å². The Labute approximate surface area is 149 Å². The summed E-state index contributed by atoms with van der Waals surface area (Å²) in [6.45, 7) is 9.61. The van der Waals surface area contributed by atoms with Crippen LogP contribution in [0.5, 0.6) is 0 Å². The van der Waals surface area contributed by atoms with Crippen LogP contribution in [-0.4, -0.2) is 90.9 Å². The summed E-state index contributed by atoms with van der Waals surface area (Å²) in [7, 11) is 0. The molecule has 0 aromatic carbocycles. The van der Waals surface area contributed by atoms with E-state index in [0.29, 0.717) is 26.2 Å². The molecule has 1 atom stereocenters. The van der Waals surface area contributed by atoms with E-state index in [1.54, 1.807) is 12.4 Å². The number of urea groups is 1. The van der Waals surface area contributed by atoms with Crippen molar-refractivity contribution in [3.63, 3.8) is 0 Å². The molecule has 0 aliphatic carbocycles. The van der Waals surface area contributed by atoms with Gasteiger partial charge in [0.2, 0.25) is 5.95 Å². The van der Waals surface area contributed by atoms with Crippen LogP contribution in [0.1, 0.15) is 13.3 Å². The zero-order valence-electron chi connectivity index (χ0n) is 14.9. The van der Waals surface area contributed by atoms with E-state index >= 15 is 0 Å². The van der Waals surface area contributed by atoms with Crippen molar-refractivity contribution in [2.45, 2.75) is 19.4 Å². The van der Waals surface area contributed by atoms with Crippen LogP contribution >= 0.6 is 0 Å². The highest BCUT2D eigenvalue weighted by Gasteiger charge is 2.21. The lowest BCUT2D eigenvalue weighted by atomic mass is 10.3. The Balaban J connectivity index is 1.29. The van der Waals surface area contributed by atoms with Crippen LogP contribution in [0.3, 0.4) is 0 Å². The number of aromatic nitrogens is 2. The van der Waals surface area contributed by atoms with Gasteiger partial charge in [-0.25, -0.2) is 14.8 Å². The first-order valence-corrected chi connectivity index (χ1v) is 9.11. The van der Waals surface area contributed by atoms with Gasteiger partial charge in [-0.1, -0.05) is 0 Å². The summed E-state index contributed by atoms with van der Waals surface area (Å²) in [5.41, 5.74) is 0. The van der Waals surface area contributed by atoms with E-state index in [1.165, 1.54) is 0 Å². The number of hydrogen-bond acceptors (Lipinski definition) is 6. The monoisotopic (exact) mass is 348 g/mol. The second-order valence-electron chi connectivity index (χ2n) is 6.59. The fourth-order valence-corrected chi connectivity index (χ4v) is 3.24. The van der Waals surface area contributed by atoms with Gasteiger partial charge in [-0.15, -0.1) is 0 Å². The lowest BCUT2D eigenvalue weighted by molar-refractivity contribution is -0.00346. The molecule has 2 saturated heterocycles. The smallest absolute Gasteiger partial charge is 0.317 e. The van der Waals surface area contributed by atoms with Crippen LogP contribution < -0.4 is 10.2 Å². The molecule has 0 radical (unpaired) electrons. The molecule has 138 valence electrons. The summed E-state index contributed by atoms with van der Waals surface area (Å²) in [5.74, 6) is 0.814. The van der Waals surface area contributed by atoms with Crippen molar-refractivity contribution in [3.05, 3.63) is 18.5 Å². The predicted molar refractivity (Wildman–Crippen MR) is 95.7 cm³/mol. The van der Waals surface area contributed by atoms with E-state index in [-0.39, 0.29) is 12.1 Å². The van der Waals surface area contributed by atoms with Crippen molar-refractivity contribution in [1.29, 1.82) is 0 Å². The van der Waals surface area contributed by atoms with Crippen LogP contribution in [-0.2, 0) is 4.74 Å². The molecule has 0 spiro atoms. The van der Waals surface area contributed by atoms with Gasteiger partial charge in [-0.3, -0.25) is 4.90 Å². The molecule has 8 nitrogen and oxygen atoms in total. The molecule has 25 heavy (non-hydrogen) atoms. The third-order valence-corrected chi connectivity index (χ3v) is 4.66. The number of ether oxygens (including phenoxy) is 1. The molecule has 8 heteroatoms. The second kappa shape index (κ2) is 8.96. The standard InChI is InChI=1S/C17H28N6O2/c1-15-14-23(12-13-25-15)17(24)20-6-3-7-21-8-10-22(11-9-21)16-18-4-2-5-19-16/h2,4-5,15H,3,6-14H2,1H3,(H,20,24)/t15-/m1/s1. The summed E-state index contributed by atoms with van der Waals surface area (Å²) in [6.07, 6.45) is 4.66. The van der Waals surface area contributed by atoms with Gasteiger partial charge in [0.25, 0.3) is 0 Å². The third kappa shape index (κ3) is 5.27. The van der Waals surface area contributed by atoms with Crippen LogP contribution in [0.2, 0.25) is 0 Å². The summed E-state index contributed by atoms with van der Waals surface area (Å²) >= 11 is 0. The summed E-state index contributed by atoms with van der Waals surface area (Å²) in [6, 6.07) is 1.87. The van der Waals surface area contributed by atoms with Gasteiger partial charge >= 0.3 is 6.03 Å². The van der Waals surface area contributed by atoms with Crippen LogP contribution in [0.25, 0.3) is 0 Å². The third-order valence-electron chi connectivity index (χ3n) is 4.66. The number of carbonyl (C=O) groups excluding carboxylic acids is 1. The SMILES string of the molecule is C[C@@H]1CN(C(=O)NCCCN2CCN(c3ncccn3)CC2)CCO1. The van der Waals surface area contributed by atoms with E-state index in [2.05, 4.69) is 25.1 Å². The molecule has 2 aliphatic rings. The van der Waals surface area contributed by atoms with Gasteiger partial charge in [0.15, 0.2) is 0 Å². The Morgan fingerprint density at radius 3 is 2.72 bits per heavy atom. The first-order valence-electron chi connectivity index (χ1n) is 9.11. The molecule has 2 amide bonds. The van der Waals surface area contributed by atoms with E-state index in [4.69, 9.17) is 4.74 Å². The van der Waals surface area contributed by atoms with Crippen LogP contribution in [0.15, 0.2) is 18.5 Å². The fraction of sp³-hybridized carbons (Fsp3) is 0.706. The highest BCUT2D eigenvalue weighted by Crippen LogP contribution is 2.09. The minimum Gasteiger partial charge on any atom is -0.375 e. The van der Waals surface area contributed by atoms with Crippen molar-refractivity contribution in [3.8, 4) is 0 Å². The van der Waals surface area contributed by atoms with Crippen LogP contribution in [0.4, 0.5) is 10.7 Å². The molecule has 1 N–H and O–H groups in total. The number of hydrogen-bond donors (Lipinski definition) is 1. The number of nitrogens with zero attached hydrogens (tertiary/aromatic N) is 5. The normalized spacial score (nSPS) is 22.0. The average Bonchev–Trinajstić information content (AvgIpc) is 2.66. The molecule has 1 aromatic rings. The average molecular weight is 348 g/mol. The summed E-state index contributed by atoms with van der Waals surface area (Å²) < 4.78 is 5.46. The molecule has 1 aromatic heterocycles. The number of carbonyl (C=O) groups is 1. The Morgan fingerprint density at radius 2 is 2.00 bits per heavy atom. The lowest BCUT2D eigenvalue weighted by Crippen LogP contribution is -2.50. The number of rotatable bonds is 5. The number of anilines is 1. The second-order valence-corrected chi connectivity index (χ2v) is 6.59. The topological polar surface area (TPSA) is 73.8 Å². The van der Waals surface area contributed by atoms with Crippen molar-refractivity contribution >= 4 is 12.0 Å². The van der Waals surface area contributed by atoms with Gasteiger partial charge in [0, 0.05) is 58.2 Å². The number of morpholine rings is 1. The molecule has 3 rings (SSSR count). The first-order chi connectivity index (χ1) is 12.2. The van der Waals surface area contributed by atoms with Crippen LogP contribution in [0, 0.1) is 0 Å². The van der Waals surface area contributed by atoms with Crippen molar-refractivity contribution < 1.29 is 9.53 Å². The van der Waals surface area contributed by atoms with Gasteiger partial charge < -0.3 is 19.9 Å². The molecule has 3 heterocycles. The molecular weight excluding hydrogens is 320 g/mol. The summed E-state index contributed by atoms with van der Waals surface area (Å²) in [4.78, 5) is 27.2. The Hall–Kier alpha value is -1.93. The highest BCUT2D eigenvalue weighted by atomic mass is 16.5. The number of piperazine rings is 1. The zero-order chi connectivity index (χ0) is 17.5. The molecule has 2 fully saturated rings. The maximum Gasteiger partial charge on any atom is 0.317 e. The molecule has 0 saturated carbocycles. The number of nitrogens with one attached hydrogen (secondary N) is 1.